The maximum absolute atomic E-state index is 13.5. The van der Waals surface area contributed by atoms with Crippen molar-refractivity contribution < 1.29 is 4.79 Å². The summed E-state index contributed by atoms with van der Waals surface area (Å²) in [6.45, 7) is 6.09. The molecule has 3 heterocycles. The van der Waals surface area contributed by atoms with Crippen LogP contribution in [0.5, 0.6) is 0 Å². The molecule has 2 aromatic rings. The quantitative estimate of drug-likeness (QED) is 0.833. The highest BCUT2D eigenvalue weighted by atomic mass is 35.5. The van der Waals surface area contributed by atoms with Crippen LogP contribution in [0.3, 0.4) is 0 Å². The molecule has 2 aliphatic heterocycles. The van der Waals surface area contributed by atoms with Gasteiger partial charge in [-0.2, -0.15) is 5.10 Å². The van der Waals surface area contributed by atoms with Gasteiger partial charge in [-0.3, -0.25) is 4.79 Å². The highest BCUT2D eigenvalue weighted by Crippen LogP contribution is 2.32. The third kappa shape index (κ3) is 3.73. The van der Waals surface area contributed by atoms with Gasteiger partial charge in [0.2, 0.25) is 0 Å². The number of rotatable bonds is 3. The van der Waals surface area contributed by atoms with Crippen molar-refractivity contribution >= 4 is 29.9 Å². The molecule has 0 saturated carbocycles. The molecule has 27 heavy (non-hydrogen) atoms. The van der Waals surface area contributed by atoms with E-state index in [1.165, 1.54) is 0 Å². The number of nitrogens with zero attached hydrogens (tertiary/aromatic N) is 3. The normalized spacial score (nSPS) is 21.9. The van der Waals surface area contributed by atoms with Gasteiger partial charge in [-0.05, 0) is 49.9 Å². The lowest BCUT2D eigenvalue weighted by Gasteiger charge is -2.28. The van der Waals surface area contributed by atoms with E-state index in [0.29, 0.717) is 17.1 Å². The largest absolute Gasteiger partial charge is 0.331 e. The van der Waals surface area contributed by atoms with Crippen molar-refractivity contribution in [3.63, 3.8) is 0 Å². The Kier molecular flexibility index (Phi) is 6.14. The third-order valence-corrected chi connectivity index (χ3v) is 5.76. The van der Waals surface area contributed by atoms with Crippen LogP contribution in [0.25, 0.3) is 5.69 Å². The average molecular weight is 409 g/mol. The van der Waals surface area contributed by atoms with E-state index in [1.807, 2.05) is 28.9 Å². The van der Waals surface area contributed by atoms with Gasteiger partial charge in [0.25, 0.3) is 5.91 Å². The summed E-state index contributed by atoms with van der Waals surface area (Å²) in [4.78, 5) is 15.6. The zero-order valence-electron chi connectivity index (χ0n) is 15.7. The van der Waals surface area contributed by atoms with Gasteiger partial charge < -0.3 is 10.2 Å². The van der Waals surface area contributed by atoms with Crippen LogP contribution in [0.4, 0.5) is 0 Å². The maximum Gasteiger partial charge on any atom is 0.257 e. The molecule has 5 nitrogen and oxygen atoms in total. The molecule has 2 aliphatic rings. The predicted molar refractivity (Wildman–Crippen MR) is 110 cm³/mol. The number of carbonyl (C=O) groups excluding carboxylic acids is 1. The van der Waals surface area contributed by atoms with Crippen LogP contribution in [-0.4, -0.2) is 45.8 Å². The Labute approximate surface area is 171 Å². The zero-order chi connectivity index (χ0) is 18.3. The van der Waals surface area contributed by atoms with Gasteiger partial charge in [-0.25, -0.2) is 4.68 Å². The minimum absolute atomic E-state index is 0. The van der Waals surface area contributed by atoms with E-state index in [2.05, 4.69) is 29.2 Å². The molecule has 1 aromatic carbocycles. The van der Waals surface area contributed by atoms with Gasteiger partial charge >= 0.3 is 0 Å². The molecule has 2 fully saturated rings. The first kappa shape index (κ1) is 20.2. The zero-order valence-corrected chi connectivity index (χ0v) is 17.3. The number of hydrogen-bond donors (Lipinski definition) is 1. The molecule has 2 saturated heterocycles. The van der Waals surface area contributed by atoms with Crippen molar-refractivity contribution in [2.24, 2.45) is 0 Å². The molecule has 2 atom stereocenters. The molecular weight excluding hydrogens is 383 g/mol. The topological polar surface area (TPSA) is 50.2 Å². The molecule has 1 aromatic heterocycles. The van der Waals surface area contributed by atoms with Crippen LogP contribution in [0.1, 0.15) is 55.1 Å². The lowest BCUT2D eigenvalue weighted by Crippen LogP contribution is -2.42. The highest BCUT2D eigenvalue weighted by Gasteiger charge is 2.39. The Bertz CT molecular complexity index is 806. The maximum atomic E-state index is 13.5. The minimum atomic E-state index is 0. The van der Waals surface area contributed by atoms with Crippen LogP contribution in [0, 0.1) is 0 Å². The summed E-state index contributed by atoms with van der Waals surface area (Å²) in [5, 5.41) is 8.68. The fourth-order valence-corrected chi connectivity index (χ4v) is 4.53. The van der Waals surface area contributed by atoms with Gasteiger partial charge in [0.15, 0.2) is 0 Å². The Hall–Kier alpha value is -1.56. The number of amides is 1. The fourth-order valence-electron chi connectivity index (χ4n) is 4.34. The molecule has 0 aliphatic carbocycles. The first-order valence-electron chi connectivity index (χ1n) is 9.43. The van der Waals surface area contributed by atoms with Crippen molar-refractivity contribution in [2.45, 2.75) is 51.1 Å². The van der Waals surface area contributed by atoms with Crippen molar-refractivity contribution in [3.05, 3.63) is 46.7 Å². The number of fused-ring (bicyclic) bond motifs is 2. The number of aromatic nitrogens is 2. The molecule has 146 valence electrons. The monoisotopic (exact) mass is 408 g/mol. The smallest absolute Gasteiger partial charge is 0.257 e. The summed E-state index contributed by atoms with van der Waals surface area (Å²) < 4.78 is 1.86. The average Bonchev–Trinajstić information content (AvgIpc) is 3.14. The van der Waals surface area contributed by atoms with Gasteiger partial charge in [0.05, 0.1) is 23.1 Å². The van der Waals surface area contributed by atoms with Crippen LogP contribution < -0.4 is 5.32 Å². The Morgan fingerprint density at radius 2 is 2.04 bits per heavy atom. The van der Waals surface area contributed by atoms with Gasteiger partial charge in [-0.15, -0.1) is 12.4 Å². The molecule has 0 spiro atoms. The van der Waals surface area contributed by atoms with E-state index in [4.69, 9.17) is 11.6 Å². The molecule has 1 amide bonds. The van der Waals surface area contributed by atoms with Crippen molar-refractivity contribution in [3.8, 4) is 5.69 Å². The van der Waals surface area contributed by atoms with Crippen LogP contribution in [0.2, 0.25) is 5.02 Å². The molecule has 2 unspecified atom stereocenters. The third-order valence-electron chi connectivity index (χ3n) is 5.53. The Morgan fingerprint density at radius 3 is 2.78 bits per heavy atom. The molecule has 0 radical (unpaired) electrons. The second kappa shape index (κ2) is 8.21. The number of carbonyl (C=O) groups is 1. The van der Waals surface area contributed by atoms with E-state index >= 15 is 0 Å². The van der Waals surface area contributed by atoms with Crippen molar-refractivity contribution in [1.29, 1.82) is 0 Å². The van der Waals surface area contributed by atoms with E-state index in [0.717, 1.165) is 49.3 Å². The van der Waals surface area contributed by atoms with Gasteiger partial charge in [0.1, 0.15) is 0 Å². The van der Waals surface area contributed by atoms with Crippen molar-refractivity contribution in [1.82, 2.24) is 20.0 Å². The number of benzene rings is 1. The SMILES string of the molecule is CC(C)c1c(C(=O)N2C3CCNCC2CC3)cnn1-c1cccc(Cl)c1.Cl. The van der Waals surface area contributed by atoms with Crippen LogP contribution in [-0.2, 0) is 0 Å². The summed E-state index contributed by atoms with van der Waals surface area (Å²) in [5.74, 6) is 0.302. The van der Waals surface area contributed by atoms with E-state index in [1.54, 1.807) is 6.20 Å². The molecule has 2 bridgehead atoms. The first-order valence-corrected chi connectivity index (χ1v) is 9.81. The number of halogens is 2. The Balaban J connectivity index is 0.00000210. The number of nitrogens with one attached hydrogen (secondary N) is 1. The van der Waals surface area contributed by atoms with E-state index in [-0.39, 0.29) is 24.2 Å². The van der Waals surface area contributed by atoms with Gasteiger partial charge in [-0.1, -0.05) is 31.5 Å². The summed E-state index contributed by atoms with van der Waals surface area (Å²) >= 11 is 6.16. The minimum Gasteiger partial charge on any atom is -0.331 e. The lowest BCUT2D eigenvalue weighted by molar-refractivity contribution is 0.0678. The molecule has 4 rings (SSSR count). The molecular formula is C20H26Cl2N4O. The fraction of sp³-hybridized carbons (Fsp3) is 0.500. The molecule has 1 N–H and O–H groups in total. The van der Waals surface area contributed by atoms with Crippen molar-refractivity contribution in [2.75, 3.05) is 13.1 Å². The standard InChI is InChI=1S/C20H25ClN4O.ClH/c1-13(2)19-18(12-23-25(19)16-5-3-4-14(21)10-16)20(26)24-15-6-7-17(24)11-22-9-8-15;/h3-5,10,12-13,15,17,22H,6-9,11H2,1-2H3;1H. The van der Waals surface area contributed by atoms with Gasteiger partial charge in [0, 0.05) is 23.7 Å². The highest BCUT2D eigenvalue weighted by molar-refractivity contribution is 6.30. The second-order valence-corrected chi connectivity index (χ2v) is 8.02. The Morgan fingerprint density at radius 1 is 1.26 bits per heavy atom. The summed E-state index contributed by atoms with van der Waals surface area (Å²) in [5.41, 5.74) is 2.56. The summed E-state index contributed by atoms with van der Waals surface area (Å²) in [7, 11) is 0. The predicted octanol–water partition coefficient (Wildman–Crippen LogP) is 4.04. The molecule has 7 heteroatoms. The first-order chi connectivity index (χ1) is 12.6. The summed E-state index contributed by atoms with van der Waals surface area (Å²) in [6, 6.07) is 8.25. The van der Waals surface area contributed by atoms with Crippen LogP contribution in [0.15, 0.2) is 30.5 Å². The van der Waals surface area contributed by atoms with E-state index in [9.17, 15) is 4.79 Å². The second-order valence-electron chi connectivity index (χ2n) is 7.58. The summed E-state index contributed by atoms with van der Waals surface area (Å²) in [6.07, 6.45) is 4.96. The lowest BCUT2D eigenvalue weighted by atomic mass is 10.0. The number of hydrogen-bond acceptors (Lipinski definition) is 3. The van der Waals surface area contributed by atoms with E-state index < -0.39 is 0 Å². The van der Waals surface area contributed by atoms with Crippen LogP contribution >= 0.6 is 24.0 Å².